The summed E-state index contributed by atoms with van der Waals surface area (Å²) in [5.74, 6) is 0.936. The lowest BCUT2D eigenvalue weighted by atomic mass is 9.44. The van der Waals surface area contributed by atoms with Crippen LogP contribution in [0, 0.1) is 28.6 Å². The number of carbonyl (C=O) groups excluding carboxylic acids is 1. The third-order valence-corrected chi connectivity index (χ3v) is 9.04. The molecule has 7 unspecified atom stereocenters. The molecule has 0 radical (unpaired) electrons. The summed E-state index contributed by atoms with van der Waals surface area (Å²) in [7, 11) is 0. The smallest absolute Gasteiger partial charge is 0.306 e. The van der Waals surface area contributed by atoms with E-state index < -0.39 is 23.9 Å². The number of hydrogen-bond donors (Lipinski definition) is 3. The Kier molecular flexibility index (Phi) is 7.18. The van der Waals surface area contributed by atoms with Crippen molar-refractivity contribution in [2.45, 2.75) is 103 Å². The Balaban J connectivity index is 1.80. The summed E-state index contributed by atoms with van der Waals surface area (Å²) < 4.78 is 12.3. The predicted octanol–water partition coefficient (Wildman–Crippen LogP) is 3.45. The van der Waals surface area contributed by atoms with Crippen LogP contribution >= 0.6 is 0 Å². The molecule has 2 aliphatic carbocycles. The van der Waals surface area contributed by atoms with E-state index in [1.54, 1.807) is 0 Å². The quantitative estimate of drug-likeness (QED) is 0.525. The van der Waals surface area contributed by atoms with Gasteiger partial charge in [0.15, 0.2) is 0 Å². The van der Waals surface area contributed by atoms with Crippen molar-refractivity contribution in [3.05, 3.63) is 0 Å². The van der Waals surface area contributed by atoms with E-state index in [-0.39, 0.29) is 23.4 Å². The minimum Gasteiger partial charge on any atom is -0.465 e. The summed E-state index contributed by atoms with van der Waals surface area (Å²) in [5.41, 5.74) is -1.53. The van der Waals surface area contributed by atoms with Crippen LogP contribution in [-0.2, 0) is 14.3 Å². The Labute approximate surface area is 187 Å². The van der Waals surface area contributed by atoms with E-state index >= 15 is 0 Å². The molecule has 6 nitrogen and oxygen atoms in total. The van der Waals surface area contributed by atoms with Crippen LogP contribution in [0.2, 0.25) is 0 Å². The average molecular weight is 441 g/mol. The van der Waals surface area contributed by atoms with Gasteiger partial charge in [-0.1, -0.05) is 34.1 Å². The molecule has 2 saturated carbocycles. The Morgan fingerprint density at radius 3 is 2.35 bits per heavy atom. The Hall–Kier alpha value is -0.690. The molecule has 0 bridgehead atoms. The van der Waals surface area contributed by atoms with Gasteiger partial charge in [0, 0.05) is 11.8 Å². The topological polar surface area (TPSA) is 96.2 Å². The van der Waals surface area contributed by atoms with Gasteiger partial charge in [-0.2, -0.15) is 0 Å². The molecule has 3 rings (SSSR count). The first kappa shape index (κ1) is 24.9. The second-order valence-electron chi connectivity index (χ2n) is 11.8. The van der Waals surface area contributed by atoms with Crippen LogP contribution in [-0.4, -0.2) is 58.4 Å². The van der Waals surface area contributed by atoms with Gasteiger partial charge in [-0.25, -0.2) is 0 Å². The third kappa shape index (κ3) is 4.42. The van der Waals surface area contributed by atoms with Crippen molar-refractivity contribution in [2.24, 2.45) is 28.6 Å². The summed E-state index contributed by atoms with van der Waals surface area (Å²) >= 11 is 0. The first-order valence-corrected chi connectivity index (χ1v) is 12.2. The number of hydrogen-bond acceptors (Lipinski definition) is 6. The molecule has 0 amide bonds. The highest BCUT2D eigenvalue weighted by Gasteiger charge is 2.63. The molecular weight excluding hydrogens is 396 g/mol. The first-order chi connectivity index (χ1) is 14.4. The summed E-state index contributed by atoms with van der Waals surface area (Å²) in [6.45, 7) is 10.6. The predicted molar refractivity (Wildman–Crippen MR) is 118 cm³/mol. The Bertz CT molecular complexity index is 652. The van der Waals surface area contributed by atoms with E-state index in [1.165, 1.54) is 0 Å². The number of carbonyl (C=O) groups is 1. The van der Waals surface area contributed by atoms with Gasteiger partial charge >= 0.3 is 5.97 Å². The maximum Gasteiger partial charge on any atom is 0.306 e. The fraction of sp³-hybridized carbons (Fsp3) is 0.960. The van der Waals surface area contributed by atoms with Crippen molar-refractivity contribution in [1.82, 2.24) is 0 Å². The van der Waals surface area contributed by atoms with Gasteiger partial charge in [0.2, 0.25) is 0 Å². The van der Waals surface area contributed by atoms with E-state index in [0.717, 1.165) is 38.5 Å². The van der Waals surface area contributed by atoms with Crippen molar-refractivity contribution < 1.29 is 29.6 Å². The van der Waals surface area contributed by atoms with E-state index in [2.05, 4.69) is 20.8 Å². The van der Waals surface area contributed by atoms with Crippen molar-refractivity contribution in [1.29, 1.82) is 0 Å². The van der Waals surface area contributed by atoms with Crippen molar-refractivity contribution in [3.63, 3.8) is 0 Å². The summed E-state index contributed by atoms with van der Waals surface area (Å²) in [6, 6.07) is 0. The molecule has 1 saturated heterocycles. The lowest BCUT2D eigenvalue weighted by molar-refractivity contribution is -0.302. The summed E-state index contributed by atoms with van der Waals surface area (Å²) in [6.07, 6.45) is 5.86. The Morgan fingerprint density at radius 1 is 1.06 bits per heavy atom. The maximum absolute atomic E-state index is 12.2. The number of ether oxygens (including phenoxy) is 2. The van der Waals surface area contributed by atoms with Gasteiger partial charge in [0.25, 0.3) is 0 Å². The lowest BCUT2D eigenvalue weighted by Gasteiger charge is -2.66. The van der Waals surface area contributed by atoms with Crippen LogP contribution in [0.1, 0.15) is 86.0 Å². The van der Waals surface area contributed by atoms with Gasteiger partial charge < -0.3 is 24.8 Å². The van der Waals surface area contributed by atoms with Gasteiger partial charge in [-0.15, -0.1) is 0 Å². The molecule has 180 valence electrons. The molecule has 3 fully saturated rings. The van der Waals surface area contributed by atoms with Crippen molar-refractivity contribution in [3.8, 4) is 0 Å². The monoisotopic (exact) mass is 440 g/mol. The molecule has 7 atom stereocenters. The molecule has 0 spiro atoms. The SMILES string of the molecule is CC(C)CC(=O)OCC1(C)CCCC2(C)C1CCC1(C)OC(CO)(C(O)CO)CCC12. The standard InChI is InChI=1S/C25H44O6/c1-17(2)13-21(29)30-16-22(3)9-6-10-23(4)18(22)7-11-24(5)19(23)8-12-25(15-27,31-24)20(28)14-26/h17-20,26-28H,6-16H2,1-5H3. The van der Waals surface area contributed by atoms with Gasteiger partial charge in [0.1, 0.15) is 11.7 Å². The fourth-order valence-electron chi connectivity index (χ4n) is 7.50. The molecule has 3 aliphatic rings. The minimum atomic E-state index is -1.09. The van der Waals surface area contributed by atoms with Crippen LogP contribution in [0.3, 0.4) is 0 Å². The molecule has 1 aliphatic heterocycles. The number of aliphatic hydroxyl groups is 3. The van der Waals surface area contributed by atoms with Crippen LogP contribution in [0.15, 0.2) is 0 Å². The fourth-order valence-corrected chi connectivity index (χ4v) is 7.50. The molecule has 0 aromatic rings. The van der Waals surface area contributed by atoms with Crippen LogP contribution in [0.5, 0.6) is 0 Å². The molecule has 0 aromatic carbocycles. The number of aliphatic hydroxyl groups excluding tert-OH is 3. The zero-order valence-electron chi connectivity index (χ0n) is 20.2. The molecule has 6 heteroatoms. The zero-order valence-corrected chi connectivity index (χ0v) is 20.2. The summed E-state index contributed by atoms with van der Waals surface area (Å²) in [4.78, 5) is 12.2. The highest BCUT2D eigenvalue weighted by molar-refractivity contribution is 5.69. The van der Waals surface area contributed by atoms with E-state index in [0.29, 0.717) is 37.2 Å². The molecule has 31 heavy (non-hydrogen) atoms. The van der Waals surface area contributed by atoms with Crippen LogP contribution in [0.4, 0.5) is 0 Å². The van der Waals surface area contributed by atoms with Crippen molar-refractivity contribution in [2.75, 3.05) is 19.8 Å². The highest BCUT2D eigenvalue weighted by atomic mass is 16.6. The molecule has 3 N–H and O–H groups in total. The normalized spacial score (nSPS) is 43.8. The van der Waals surface area contributed by atoms with Crippen LogP contribution in [0.25, 0.3) is 0 Å². The molecule has 0 aromatic heterocycles. The highest BCUT2D eigenvalue weighted by Crippen LogP contribution is 2.65. The van der Waals surface area contributed by atoms with Gasteiger partial charge in [0.05, 0.1) is 25.4 Å². The first-order valence-electron chi connectivity index (χ1n) is 12.2. The Morgan fingerprint density at radius 2 is 1.74 bits per heavy atom. The summed E-state index contributed by atoms with van der Waals surface area (Å²) in [5, 5.41) is 30.0. The van der Waals surface area contributed by atoms with E-state index in [4.69, 9.17) is 9.47 Å². The second kappa shape index (κ2) is 8.92. The van der Waals surface area contributed by atoms with Gasteiger partial charge in [-0.05, 0) is 68.6 Å². The van der Waals surface area contributed by atoms with Crippen LogP contribution < -0.4 is 0 Å². The average Bonchev–Trinajstić information content (AvgIpc) is 2.70. The number of esters is 1. The van der Waals surface area contributed by atoms with E-state index in [9.17, 15) is 20.1 Å². The number of fused-ring (bicyclic) bond motifs is 3. The lowest BCUT2D eigenvalue weighted by Crippen LogP contribution is -2.67. The molecular formula is C25H44O6. The van der Waals surface area contributed by atoms with E-state index in [1.807, 2.05) is 13.8 Å². The second-order valence-corrected chi connectivity index (χ2v) is 11.8. The minimum absolute atomic E-state index is 0.0445. The zero-order chi connectivity index (χ0) is 23.1. The van der Waals surface area contributed by atoms with Crippen molar-refractivity contribution >= 4 is 5.97 Å². The third-order valence-electron chi connectivity index (χ3n) is 9.04. The van der Waals surface area contributed by atoms with Gasteiger partial charge in [-0.3, -0.25) is 4.79 Å². The number of rotatable bonds is 7. The maximum atomic E-state index is 12.2. The molecule has 1 heterocycles. The largest absolute Gasteiger partial charge is 0.465 e.